The van der Waals surface area contributed by atoms with Crippen molar-refractivity contribution in [3.8, 4) is 11.5 Å². The fourth-order valence-corrected chi connectivity index (χ4v) is 4.38. The number of carbonyl (C=O) groups excluding carboxylic acids is 2. The minimum absolute atomic E-state index is 0.0127. The Balaban J connectivity index is 1.89. The van der Waals surface area contributed by atoms with Crippen LogP contribution < -0.4 is 4.74 Å². The summed E-state index contributed by atoms with van der Waals surface area (Å²) in [5.41, 5.74) is -0.0127. The van der Waals surface area contributed by atoms with Gasteiger partial charge >= 0.3 is 11.9 Å². The second-order valence-corrected chi connectivity index (χ2v) is 9.76. The molecule has 1 rings (SSSR count). The van der Waals surface area contributed by atoms with Crippen LogP contribution in [0.3, 0.4) is 0 Å². The number of ether oxygens (including phenoxy) is 2. The van der Waals surface area contributed by atoms with Crippen molar-refractivity contribution in [1.29, 1.82) is 0 Å². The average Bonchev–Trinajstić information content (AvgIpc) is 2.86. The first kappa shape index (κ1) is 31.0. The molecule has 0 amide bonds. The fourth-order valence-electron chi connectivity index (χ4n) is 4.38. The summed E-state index contributed by atoms with van der Waals surface area (Å²) in [6, 6.07) is 4.12. The molecule has 5 heteroatoms. The van der Waals surface area contributed by atoms with Gasteiger partial charge in [0.25, 0.3) is 0 Å². The molecule has 0 aliphatic heterocycles. The molecule has 0 heterocycles. The summed E-state index contributed by atoms with van der Waals surface area (Å²) in [5.74, 6) is -0.945. The first-order chi connectivity index (χ1) is 17.1. The Kier molecular flexibility index (Phi) is 18.8. The van der Waals surface area contributed by atoms with E-state index in [0.717, 1.165) is 19.3 Å². The molecule has 1 N–H and O–H groups in total. The summed E-state index contributed by atoms with van der Waals surface area (Å²) < 4.78 is 9.89. The lowest BCUT2D eigenvalue weighted by atomic mass is 10.0. The summed E-state index contributed by atoms with van der Waals surface area (Å²) in [5, 5.41) is 9.71. The molecule has 1 aromatic carbocycles. The minimum Gasteiger partial charge on any atom is -0.507 e. The van der Waals surface area contributed by atoms with Crippen LogP contribution in [-0.2, 0) is 9.53 Å². The Labute approximate surface area is 214 Å². The number of esters is 2. The number of aromatic hydroxyl groups is 1. The van der Waals surface area contributed by atoms with Gasteiger partial charge in [0.15, 0.2) is 0 Å². The maximum absolute atomic E-state index is 12.0. The topological polar surface area (TPSA) is 72.8 Å². The molecule has 0 aliphatic carbocycles. The third-order valence-corrected chi connectivity index (χ3v) is 6.59. The molecule has 35 heavy (non-hydrogen) atoms. The summed E-state index contributed by atoms with van der Waals surface area (Å²) in [7, 11) is 1.24. The monoisotopic (exact) mass is 490 g/mol. The van der Waals surface area contributed by atoms with Gasteiger partial charge in [0.1, 0.15) is 17.1 Å². The molecule has 200 valence electrons. The Morgan fingerprint density at radius 1 is 0.686 bits per heavy atom. The second-order valence-electron chi connectivity index (χ2n) is 9.76. The number of benzene rings is 1. The Morgan fingerprint density at radius 2 is 1.11 bits per heavy atom. The molecule has 0 unspecified atom stereocenters. The Bertz CT molecular complexity index is 685. The van der Waals surface area contributed by atoms with Gasteiger partial charge in [-0.05, 0) is 24.6 Å². The van der Waals surface area contributed by atoms with Crippen molar-refractivity contribution >= 4 is 11.9 Å². The molecule has 0 atom stereocenters. The summed E-state index contributed by atoms with van der Waals surface area (Å²) >= 11 is 0. The highest BCUT2D eigenvalue weighted by Gasteiger charge is 2.14. The van der Waals surface area contributed by atoms with Crippen molar-refractivity contribution < 1.29 is 24.2 Å². The zero-order chi connectivity index (χ0) is 25.6. The third-order valence-electron chi connectivity index (χ3n) is 6.59. The summed E-state index contributed by atoms with van der Waals surface area (Å²) in [4.78, 5) is 23.6. The van der Waals surface area contributed by atoms with Crippen LogP contribution in [0, 0.1) is 0 Å². The molecular formula is C30H50O5. The van der Waals surface area contributed by atoms with E-state index in [1.165, 1.54) is 128 Å². The minimum atomic E-state index is -0.667. The van der Waals surface area contributed by atoms with Crippen molar-refractivity contribution in [1.82, 2.24) is 0 Å². The number of rotatable bonds is 22. The van der Waals surface area contributed by atoms with Gasteiger partial charge in [0, 0.05) is 6.42 Å². The molecule has 1 aromatic rings. The van der Waals surface area contributed by atoms with E-state index >= 15 is 0 Å². The van der Waals surface area contributed by atoms with E-state index in [-0.39, 0.29) is 23.0 Å². The van der Waals surface area contributed by atoms with Crippen LogP contribution in [0.5, 0.6) is 11.5 Å². The zero-order valence-electron chi connectivity index (χ0n) is 22.5. The zero-order valence-corrected chi connectivity index (χ0v) is 22.5. The smallest absolute Gasteiger partial charge is 0.341 e. The van der Waals surface area contributed by atoms with E-state index in [2.05, 4.69) is 11.7 Å². The van der Waals surface area contributed by atoms with Crippen molar-refractivity contribution in [2.75, 3.05) is 7.11 Å². The average molecular weight is 491 g/mol. The van der Waals surface area contributed by atoms with Gasteiger partial charge in [-0.2, -0.15) is 0 Å². The van der Waals surface area contributed by atoms with E-state index in [1.807, 2.05) is 0 Å². The summed E-state index contributed by atoms with van der Waals surface area (Å²) in [6.07, 6.45) is 25.4. The largest absolute Gasteiger partial charge is 0.507 e. The SMILES string of the molecule is CCCCCCCCCCCCCCCCCCCCCC(=O)Oc1ccc(O)c(C(=O)OC)c1. The van der Waals surface area contributed by atoms with Gasteiger partial charge in [-0.25, -0.2) is 4.79 Å². The lowest BCUT2D eigenvalue weighted by Gasteiger charge is -2.07. The number of phenols is 1. The lowest BCUT2D eigenvalue weighted by Crippen LogP contribution is -2.09. The van der Waals surface area contributed by atoms with Crippen LogP contribution in [0.25, 0.3) is 0 Å². The molecule has 0 fully saturated rings. The van der Waals surface area contributed by atoms with E-state index in [9.17, 15) is 14.7 Å². The van der Waals surface area contributed by atoms with Crippen LogP contribution in [0.2, 0.25) is 0 Å². The van der Waals surface area contributed by atoms with Crippen LogP contribution in [0.15, 0.2) is 18.2 Å². The van der Waals surface area contributed by atoms with Crippen LogP contribution in [0.1, 0.15) is 146 Å². The Hall–Kier alpha value is -2.04. The number of unbranched alkanes of at least 4 members (excludes halogenated alkanes) is 18. The lowest BCUT2D eigenvalue weighted by molar-refractivity contribution is -0.134. The van der Waals surface area contributed by atoms with E-state index in [1.54, 1.807) is 0 Å². The fraction of sp³-hybridized carbons (Fsp3) is 0.733. The van der Waals surface area contributed by atoms with Crippen molar-refractivity contribution in [3.63, 3.8) is 0 Å². The van der Waals surface area contributed by atoms with E-state index < -0.39 is 5.97 Å². The standard InChI is InChI=1S/C30H50O5/c1-3-4-5-6-7-8-9-10-11-12-13-14-15-16-17-18-19-20-21-22-29(32)35-26-23-24-28(31)27(25-26)30(33)34-2/h23-25,31H,3-22H2,1-2H3. The molecule has 0 saturated carbocycles. The predicted molar refractivity (Wildman–Crippen MR) is 143 cm³/mol. The molecule has 0 spiro atoms. The number of carbonyl (C=O) groups is 2. The van der Waals surface area contributed by atoms with Gasteiger partial charge in [-0.3, -0.25) is 4.79 Å². The molecular weight excluding hydrogens is 440 g/mol. The van der Waals surface area contributed by atoms with Gasteiger partial charge in [0.2, 0.25) is 0 Å². The number of hydrogen-bond acceptors (Lipinski definition) is 5. The van der Waals surface area contributed by atoms with Crippen LogP contribution >= 0.6 is 0 Å². The predicted octanol–water partition coefficient (Wildman–Crippen LogP) is 8.91. The number of methoxy groups -OCH3 is 1. The van der Waals surface area contributed by atoms with Gasteiger partial charge < -0.3 is 14.6 Å². The maximum Gasteiger partial charge on any atom is 0.341 e. The molecule has 0 aromatic heterocycles. The van der Waals surface area contributed by atoms with Gasteiger partial charge in [0.05, 0.1) is 7.11 Å². The van der Waals surface area contributed by atoms with E-state index in [4.69, 9.17) is 4.74 Å². The van der Waals surface area contributed by atoms with Crippen LogP contribution in [-0.4, -0.2) is 24.2 Å². The number of phenolic OH excluding ortho intramolecular Hbond substituents is 1. The highest BCUT2D eigenvalue weighted by molar-refractivity contribution is 5.93. The Morgan fingerprint density at radius 3 is 1.54 bits per heavy atom. The van der Waals surface area contributed by atoms with Crippen LogP contribution in [0.4, 0.5) is 0 Å². The first-order valence-corrected chi connectivity index (χ1v) is 14.2. The molecule has 0 aliphatic rings. The van der Waals surface area contributed by atoms with E-state index in [0.29, 0.717) is 6.42 Å². The number of hydrogen-bond donors (Lipinski definition) is 1. The van der Waals surface area contributed by atoms with Crippen molar-refractivity contribution in [2.45, 2.75) is 135 Å². The van der Waals surface area contributed by atoms with Gasteiger partial charge in [-0.15, -0.1) is 0 Å². The third kappa shape index (κ3) is 16.3. The highest BCUT2D eigenvalue weighted by Crippen LogP contribution is 2.24. The first-order valence-electron chi connectivity index (χ1n) is 14.2. The second kappa shape index (κ2) is 21.3. The van der Waals surface area contributed by atoms with Crippen molar-refractivity contribution in [2.24, 2.45) is 0 Å². The molecule has 0 radical (unpaired) electrons. The summed E-state index contributed by atoms with van der Waals surface area (Å²) in [6.45, 7) is 2.28. The molecule has 0 bridgehead atoms. The normalized spacial score (nSPS) is 10.9. The maximum atomic E-state index is 12.0. The van der Waals surface area contributed by atoms with Gasteiger partial charge in [-0.1, -0.05) is 122 Å². The molecule has 0 saturated heterocycles. The highest BCUT2D eigenvalue weighted by atomic mass is 16.5. The van der Waals surface area contributed by atoms with Crippen molar-refractivity contribution in [3.05, 3.63) is 23.8 Å². The quantitative estimate of drug-likeness (QED) is 0.0997. The molecule has 5 nitrogen and oxygen atoms in total.